The minimum atomic E-state index is 0.177. The molecule has 0 amide bonds. The summed E-state index contributed by atoms with van der Waals surface area (Å²) in [6.45, 7) is 3.19. The van der Waals surface area contributed by atoms with E-state index in [0.29, 0.717) is 0 Å². The molecule has 2 rings (SSSR count). The van der Waals surface area contributed by atoms with Gasteiger partial charge in [-0.1, -0.05) is 60.8 Å². The molecule has 0 saturated carbocycles. The maximum atomic E-state index is 5.97. The first-order valence-electron chi connectivity index (χ1n) is 6.95. The Morgan fingerprint density at radius 2 is 1.30 bits per heavy atom. The van der Waals surface area contributed by atoms with Crippen LogP contribution in [0.15, 0.2) is 48.5 Å². The molecular formula is C17H19Cl2N. The first kappa shape index (κ1) is 15.4. The molecule has 0 radical (unpaired) electrons. The van der Waals surface area contributed by atoms with E-state index in [1.165, 1.54) is 17.5 Å². The summed E-state index contributed by atoms with van der Waals surface area (Å²) >= 11 is 11.9. The summed E-state index contributed by atoms with van der Waals surface area (Å²) in [7, 11) is 0. The summed E-state index contributed by atoms with van der Waals surface area (Å²) in [6.07, 6.45) is 2.35. The van der Waals surface area contributed by atoms with Gasteiger partial charge in [-0.05, 0) is 48.4 Å². The van der Waals surface area contributed by atoms with E-state index in [-0.39, 0.29) is 6.04 Å². The maximum Gasteiger partial charge on any atom is 0.0576 e. The lowest BCUT2D eigenvalue weighted by Gasteiger charge is -2.20. The number of hydrogen-bond donors (Lipinski definition) is 1. The number of rotatable bonds is 6. The van der Waals surface area contributed by atoms with E-state index in [0.717, 1.165) is 23.0 Å². The second-order valence-electron chi connectivity index (χ2n) is 4.84. The van der Waals surface area contributed by atoms with E-state index in [2.05, 4.69) is 36.5 Å². The van der Waals surface area contributed by atoms with Gasteiger partial charge in [0.05, 0.1) is 6.04 Å². The second-order valence-corrected chi connectivity index (χ2v) is 5.72. The molecular weight excluding hydrogens is 289 g/mol. The third kappa shape index (κ3) is 4.24. The third-order valence-electron chi connectivity index (χ3n) is 3.29. The Morgan fingerprint density at radius 1 is 0.850 bits per heavy atom. The molecule has 20 heavy (non-hydrogen) atoms. The number of nitrogens with one attached hydrogen (secondary N) is 1. The predicted molar refractivity (Wildman–Crippen MR) is 87.7 cm³/mol. The SMILES string of the molecule is CCCCNC(c1ccc(Cl)cc1)c1ccc(Cl)cc1. The van der Waals surface area contributed by atoms with Crippen molar-refractivity contribution >= 4 is 23.2 Å². The van der Waals surface area contributed by atoms with E-state index in [9.17, 15) is 0 Å². The van der Waals surface area contributed by atoms with Crippen molar-refractivity contribution in [3.8, 4) is 0 Å². The van der Waals surface area contributed by atoms with E-state index < -0.39 is 0 Å². The number of halogens is 2. The van der Waals surface area contributed by atoms with Crippen molar-refractivity contribution in [2.75, 3.05) is 6.54 Å². The Balaban J connectivity index is 2.23. The van der Waals surface area contributed by atoms with Crippen LogP contribution in [-0.2, 0) is 0 Å². The van der Waals surface area contributed by atoms with Gasteiger partial charge in [-0.2, -0.15) is 0 Å². The van der Waals surface area contributed by atoms with Crippen LogP contribution in [0.25, 0.3) is 0 Å². The Labute approximate surface area is 130 Å². The first-order chi connectivity index (χ1) is 9.70. The number of benzene rings is 2. The Morgan fingerprint density at radius 3 is 1.70 bits per heavy atom. The van der Waals surface area contributed by atoms with Gasteiger partial charge in [0.15, 0.2) is 0 Å². The summed E-state index contributed by atoms with van der Waals surface area (Å²) in [6, 6.07) is 16.2. The zero-order chi connectivity index (χ0) is 14.4. The molecule has 0 atom stereocenters. The fourth-order valence-electron chi connectivity index (χ4n) is 2.16. The van der Waals surface area contributed by atoms with Gasteiger partial charge >= 0.3 is 0 Å². The first-order valence-corrected chi connectivity index (χ1v) is 7.70. The fourth-order valence-corrected chi connectivity index (χ4v) is 2.41. The standard InChI is InChI=1S/C17H19Cl2N/c1-2-3-12-20-17(13-4-8-15(18)9-5-13)14-6-10-16(19)11-7-14/h4-11,17,20H,2-3,12H2,1H3. The van der Waals surface area contributed by atoms with Crippen molar-refractivity contribution in [3.63, 3.8) is 0 Å². The molecule has 1 nitrogen and oxygen atoms in total. The van der Waals surface area contributed by atoms with Crippen molar-refractivity contribution in [3.05, 3.63) is 69.7 Å². The lowest BCUT2D eigenvalue weighted by molar-refractivity contribution is 0.579. The summed E-state index contributed by atoms with van der Waals surface area (Å²) in [5.41, 5.74) is 2.43. The van der Waals surface area contributed by atoms with E-state index in [1.807, 2.05) is 24.3 Å². The third-order valence-corrected chi connectivity index (χ3v) is 3.79. The monoisotopic (exact) mass is 307 g/mol. The van der Waals surface area contributed by atoms with Gasteiger partial charge in [-0.15, -0.1) is 0 Å². The summed E-state index contributed by atoms with van der Waals surface area (Å²) in [4.78, 5) is 0. The molecule has 3 heteroatoms. The Bertz CT molecular complexity index is 474. The van der Waals surface area contributed by atoms with Gasteiger partial charge in [0.2, 0.25) is 0 Å². The molecule has 2 aromatic carbocycles. The molecule has 0 saturated heterocycles. The molecule has 0 bridgehead atoms. The highest BCUT2D eigenvalue weighted by atomic mass is 35.5. The van der Waals surface area contributed by atoms with Gasteiger partial charge in [0.25, 0.3) is 0 Å². The van der Waals surface area contributed by atoms with Crippen LogP contribution in [0.4, 0.5) is 0 Å². The van der Waals surface area contributed by atoms with Crippen LogP contribution in [0.2, 0.25) is 10.0 Å². The van der Waals surface area contributed by atoms with Gasteiger partial charge in [-0.3, -0.25) is 0 Å². The van der Waals surface area contributed by atoms with Crippen molar-refractivity contribution in [2.45, 2.75) is 25.8 Å². The predicted octanol–water partition coefficient (Wildman–Crippen LogP) is 5.47. The van der Waals surface area contributed by atoms with Gasteiger partial charge in [0, 0.05) is 10.0 Å². The molecule has 0 aromatic heterocycles. The topological polar surface area (TPSA) is 12.0 Å². The smallest absolute Gasteiger partial charge is 0.0576 e. The highest BCUT2D eigenvalue weighted by Crippen LogP contribution is 2.24. The van der Waals surface area contributed by atoms with Crippen LogP contribution in [0.3, 0.4) is 0 Å². The Kier molecular flexibility index (Phi) is 5.90. The fraction of sp³-hybridized carbons (Fsp3) is 0.294. The molecule has 0 unspecified atom stereocenters. The zero-order valence-electron chi connectivity index (χ0n) is 11.6. The maximum absolute atomic E-state index is 5.97. The van der Waals surface area contributed by atoms with Crippen LogP contribution in [0, 0.1) is 0 Å². The van der Waals surface area contributed by atoms with Crippen molar-refractivity contribution in [1.29, 1.82) is 0 Å². The second kappa shape index (κ2) is 7.68. The minimum Gasteiger partial charge on any atom is -0.306 e. The van der Waals surface area contributed by atoms with Crippen LogP contribution < -0.4 is 5.32 Å². The van der Waals surface area contributed by atoms with Crippen molar-refractivity contribution in [2.24, 2.45) is 0 Å². The molecule has 1 N–H and O–H groups in total. The van der Waals surface area contributed by atoms with Crippen LogP contribution in [0.1, 0.15) is 36.9 Å². The molecule has 0 aliphatic carbocycles. The molecule has 0 aliphatic heterocycles. The molecule has 0 aliphatic rings. The molecule has 106 valence electrons. The minimum absolute atomic E-state index is 0.177. The van der Waals surface area contributed by atoms with Crippen LogP contribution in [-0.4, -0.2) is 6.54 Å². The summed E-state index contributed by atoms with van der Waals surface area (Å²) in [5.74, 6) is 0. The average Bonchev–Trinajstić information content (AvgIpc) is 2.46. The van der Waals surface area contributed by atoms with Gasteiger partial charge < -0.3 is 5.32 Å². The van der Waals surface area contributed by atoms with Crippen LogP contribution in [0.5, 0.6) is 0 Å². The Hall–Kier alpha value is -1.02. The number of hydrogen-bond acceptors (Lipinski definition) is 1. The highest BCUT2D eigenvalue weighted by molar-refractivity contribution is 6.30. The molecule has 0 heterocycles. The molecule has 2 aromatic rings. The molecule has 0 spiro atoms. The lowest BCUT2D eigenvalue weighted by Crippen LogP contribution is -2.23. The zero-order valence-corrected chi connectivity index (χ0v) is 13.1. The van der Waals surface area contributed by atoms with E-state index in [1.54, 1.807) is 0 Å². The lowest BCUT2D eigenvalue weighted by atomic mass is 9.98. The van der Waals surface area contributed by atoms with Gasteiger partial charge in [0.1, 0.15) is 0 Å². The van der Waals surface area contributed by atoms with Crippen molar-refractivity contribution < 1.29 is 0 Å². The van der Waals surface area contributed by atoms with Crippen LogP contribution >= 0.6 is 23.2 Å². The average molecular weight is 308 g/mol. The summed E-state index contributed by atoms with van der Waals surface area (Å²) < 4.78 is 0. The normalized spacial score (nSPS) is 11.0. The van der Waals surface area contributed by atoms with Crippen molar-refractivity contribution in [1.82, 2.24) is 5.32 Å². The van der Waals surface area contributed by atoms with E-state index in [4.69, 9.17) is 23.2 Å². The summed E-state index contributed by atoms with van der Waals surface area (Å²) in [5, 5.41) is 5.13. The number of unbranched alkanes of at least 4 members (excludes halogenated alkanes) is 1. The highest BCUT2D eigenvalue weighted by Gasteiger charge is 2.13. The quantitative estimate of drug-likeness (QED) is 0.697. The molecule has 0 fully saturated rings. The van der Waals surface area contributed by atoms with Gasteiger partial charge in [-0.25, -0.2) is 0 Å². The van der Waals surface area contributed by atoms with E-state index >= 15 is 0 Å². The largest absolute Gasteiger partial charge is 0.306 e.